The van der Waals surface area contributed by atoms with Gasteiger partial charge in [-0.3, -0.25) is 9.59 Å². The van der Waals surface area contributed by atoms with Crippen LogP contribution in [-0.4, -0.2) is 24.1 Å². The lowest BCUT2D eigenvalue weighted by atomic mass is 9.93. The van der Waals surface area contributed by atoms with Crippen molar-refractivity contribution in [2.24, 2.45) is 0 Å². The minimum absolute atomic E-state index is 0.00431. The number of carbonyl (C=O) groups excluding carboxylic acids is 3. The summed E-state index contributed by atoms with van der Waals surface area (Å²) in [5, 5.41) is 4.88. The highest BCUT2D eigenvalue weighted by molar-refractivity contribution is 6.25. The van der Waals surface area contributed by atoms with Gasteiger partial charge in [-0.2, -0.15) is 0 Å². The Morgan fingerprint density at radius 1 is 1.17 bits per heavy atom. The summed E-state index contributed by atoms with van der Waals surface area (Å²) in [5.41, 5.74) is 0.686. The van der Waals surface area contributed by atoms with Crippen LogP contribution in [0.4, 0.5) is 4.79 Å². The minimum atomic E-state index is -0.496. The molecule has 1 aromatic rings. The van der Waals surface area contributed by atoms with Crippen molar-refractivity contribution in [2.45, 2.75) is 6.92 Å². The Balaban J connectivity index is 2.28. The van der Waals surface area contributed by atoms with E-state index in [1.807, 2.05) is 0 Å². The van der Waals surface area contributed by atoms with E-state index in [4.69, 9.17) is 0 Å². The predicted octanol–water partition coefficient (Wildman–Crippen LogP) is 1.27. The first-order chi connectivity index (χ1) is 8.63. The van der Waals surface area contributed by atoms with E-state index in [-0.39, 0.29) is 17.3 Å². The van der Waals surface area contributed by atoms with E-state index in [1.165, 1.54) is 0 Å². The van der Waals surface area contributed by atoms with E-state index in [0.29, 0.717) is 17.7 Å². The number of amides is 2. The van der Waals surface area contributed by atoms with Gasteiger partial charge in [0, 0.05) is 23.7 Å². The number of ketones is 2. The van der Waals surface area contributed by atoms with Gasteiger partial charge in [0.1, 0.15) is 0 Å². The first-order valence-corrected chi connectivity index (χ1v) is 5.58. The van der Waals surface area contributed by atoms with E-state index >= 15 is 0 Å². The minimum Gasteiger partial charge on any atom is -0.338 e. The zero-order valence-corrected chi connectivity index (χ0v) is 9.82. The van der Waals surface area contributed by atoms with Crippen LogP contribution in [0.1, 0.15) is 27.6 Å². The zero-order chi connectivity index (χ0) is 13.1. The van der Waals surface area contributed by atoms with Gasteiger partial charge < -0.3 is 10.6 Å². The normalized spacial score (nSPS) is 13.7. The van der Waals surface area contributed by atoms with Crippen LogP contribution in [0.3, 0.4) is 0 Å². The van der Waals surface area contributed by atoms with E-state index in [0.717, 1.165) is 6.08 Å². The van der Waals surface area contributed by atoms with E-state index in [1.54, 1.807) is 31.2 Å². The summed E-state index contributed by atoms with van der Waals surface area (Å²) in [6.45, 7) is 2.20. The molecule has 1 aromatic carbocycles. The van der Waals surface area contributed by atoms with Crippen LogP contribution < -0.4 is 10.6 Å². The second-order valence-electron chi connectivity index (χ2n) is 3.78. The first-order valence-electron chi connectivity index (χ1n) is 5.58. The van der Waals surface area contributed by atoms with Gasteiger partial charge in [-0.05, 0) is 6.92 Å². The molecule has 1 aliphatic rings. The molecule has 5 heteroatoms. The number of carbonyl (C=O) groups is 3. The average Bonchev–Trinajstić information content (AvgIpc) is 2.36. The van der Waals surface area contributed by atoms with Crippen molar-refractivity contribution in [3.63, 3.8) is 0 Å². The quantitative estimate of drug-likeness (QED) is 0.822. The van der Waals surface area contributed by atoms with Crippen molar-refractivity contribution < 1.29 is 14.4 Å². The maximum atomic E-state index is 12.0. The number of hydrogen-bond donors (Lipinski definition) is 2. The number of rotatable bonds is 2. The van der Waals surface area contributed by atoms with E-state index in [9.17, 15) is 14.4 Å². The van der Waals surface area contributed by atoms with Gasteiger partial charge in [-0.15, -0.1) is 0 Å². The largest absolute Gasteiger partial charge is 0.338 e. The predicted molar refractivity (Wildman–Crippen MR) is 65.4 cm³/mol. The fourth-order valence-electron chi connectivity index (χ4n) is 1.74. The van der Waals surface area contributed by atoms with Gasteiger partial charge in [-0.25, -0.2) is 4.79 Å². The number of benzene rings is 1. The van der Waals surface area contributed by atoms with Crippen molar-refractivity contribution in [3.8, 4) is 0 Å². The van der Waals surface area contributed by atoms with Gasteiger partial charge in [0.05, 0.1) is 5.70 Å². The second kappa shape index (κ2) is 4.83. The summed E-state index contributed by atoms with van der Waals surface area (Å²) in [6.07, 6.45) is 1.15. The smallest absolute Gasteiger partial charge is 0.319 e. The molecule has 0 radical (unpaired) electrons. The molecule has 5 nitrogen and oxygen atoms in total. The Bertz CT molecular complexity index is 561. The molecule has 0 spiro atoms. The van der Waals surface area contributed by atoms with Crippen LogP contribution in [0.5, 0.6) is 0 Å². The van der Waals surface area contributed by atoms with Crippen LogP contribution in [-0.2, 0) is 0 Å². The van der Waals surface area contributed by atoms with E-state index < -0.39 is 6.03 Å². The van der Waals surface area contributed by atoms with Gasteiger partial charge in [-0.1, -0.05) is 24.3 Å². The number of fused-ring (bicyclic) bond motifs is 1. The molecule has 0 saturated heterocycles. The molecule has 1 aliphatic carbocycles. The van der Waals surface area contributed by atoms with Crippen LogP contribution in [0.2, 0.25) is 0 Å². The molecule has 0 aromatic heterocycles. The number of urea groups is 1. The molecule has 92 valence electrons. The lowest BCUT2D eigenvalue weighted by molar-refractivity contribution is 0.0979. The maximum Gasteiger partial charge on any atom is 0.319 e. The Kier molecular flexibility index (Phi) is 3.23. The summed E-state index contributed by atoms with van der Waals surface area (Å²) in [5.74, 6) is -0.631. The molecule has 2 rings (SSSR count). The van der Waals surface area contributed by atoms with Crippen molar-refractivity contribution in [1.29, 1.82) is 0 Å². The fourth-order valence-corrected chi connectivity index (χ4v) is 1.74. The monoisotopic (exact) mass is 244 g/mol. The molecule has 0 bridgehead atoms. The standard InChI is InChI=1S/C13H12N2O3/c1-2-14-13(18)15-10-7-11(16)8-5-3-4-6-9(8)12(10)17/h3-7H,2H2,1H3,(H2,14,15,18). The molecule has 0 unspecified atom stereocenters. The van der Waals surface area contributed by atoms with Crippen LogP contribution >= 0.6 is 0 Å². The Hall–Kier alpha value is -2.43. The Morgan fingerprint density at radius 2 is 1.83 bits per heavy atom. The summed E-state index contributed by atoms with van der Waals surface area (Å²) in [4.78, 5) is 35.2. The SMILES string of the molecule is CCNC(=O)NC1=CC(=O)c2ccccc2C1=O. The molecule has 0 aliphatic heterocycles. The Labute approximate surface area is 104 Å². The molecule has 2 N–H and O–H groups in total. The van der Waals surface area contributed by atoms with E-state index in [2.05, 4.69) is 10.6 Å². The highest BCUT2D eigenvalue weighted by Gasteiger charge is 2.25. The highest BCUT2D eigenvalue weighted by Crippen LogP contribution is 2.19. The van der Waals surface area contributed by atoms with Gasteiger partial charge >= 0.3 is 6.03 Å². The Morgan fingerprint density at radius 3 is 2.50 bits per heavy atom. The first kappa shape index (κ1) is 12.0. The summed E-state index contributed by atoms with van der Waals surface area (Å²) in [7, 11) is 0. The van der Waals surface area contributed by atoms with Crippen LogP contribution in [0.15, 0.2) is 36.0 Å². The van der Waals surface area contributed by atoms with Gasteiger partial charge in [0.15, 0.2) is 5.78 Å². The molecule has 2 amide bonds. The second-order valence-corrected chi connectivity index (χ2v) is 3.78. The number of hydrogen-bond acceptors (Lipinski definition) is 3. The molecule has 0 fully saturated rings. The highest BCUT2D eigenvalue weighted by atomic mass is 16.2. The molecule has 18 heavy (non-hydrogen) atoms. The summed E-state index contributed by atoms with van der Waals surface area (Å²) in [6, 6.07) is 6.04. The molecular formula is C13H12N2O3. The summed E-state index contributed by atoms with van der Waals surface area (Å²) >= 11 is 0. The molecular weight excluding hydrogens is 232 g/mol. The van der Waals surface area contributed by atoms with Gasteiger partial charge in [0.25, 0.3) is 0 Å². The number of allylic oxidation sites excluding steroid dienone is 2. The zero-order valence-electron chi connectivity index (χ0n) is 9.82. The third kappa shape index (κ3) is 2.15. The average molecular weight is 244 g/mol. The van der Waals surface area contributed by atoms with Crippen LogP contribution in [0.25, 0.3) is 0 Å². The number of Topliss-reactive ketones (excluding diaryl/α,β-unsaturated/α-hetero) is 1. The van der Waals surface area contributed by atoms with Crippen molar-refractivity contribution in [1.82, 2.24) is 10.6 Å². The molecule has 0 saturated carbocycles. The maximum absolute atomic E-state index is 12.0. The fraction of sp³-hybridized carbons (Fsp3) is 0.154. The lowest BCUT2D eigenvalue weighted by Crippen LogP contribution is -2.38. The van der Waals surface area contributed by atoms with Crippen LogP contribution in [0, 0.1) is 0 Å². The topological polar surface area (TPSA) is 75.3 Å². The third-order valence-corrected chi connectivity index (χ3v) is 2.54. The van der Waals surface area contributed by atoms with Gasteiger partial charge in [0.2, 0.25) is 5.78 Å². The van der Waals surface area contributed by atoms with Crippen molar-refractivity contribution >= 4 is 17.6 Å². The van der Waals surface area contributed by atoms with Crippen molar-refractivity contribution in [2.75, 3.05) is 6.54 Å². The lowest BCUT2D eigenvalue weighted by Gasteiger charge is -2.15. The molecule has 0 heterocycles. The number of nitrogens with one attached hydrogen (secondary N) is 2. The molecule has 0 atom stereocenters. The summed E-state index contributed by atoms with van der Waals surface area (Å²) < 4.78 is 0. The van der Waals surface area contributed by atoms with Crippen molar-refractivity contribution in [3.05, 3.63) is 47.2 Å². The third-order valence-electron chi connectivity index (χ3n) is 2.54.